The molecule has 2 aromatic heterocycles. The molecule has 0 unspecified atom stereocenters. The highest BCUT2D eigenvalue weighted by Gasteiger charge is 2.13. The molecule has 3 rings (SSSR count). The quantitative estimate of drug-likeness (QED) is 0.668. The molecule has 0 bridgehead atoms. The first-order valence-corrected chi connectivity index (χ1v) is 6.40. The Bertz CT molecular complexity index is 722. The zero-order valence-electron chi connectivity index (χ0n) is 9.94. The van der Waals surface area contributed by atoms with Gasteiger partial charge < -0.3 is 5.11 Å². The number of amides is 1. The van der Waals surface area contributed by atoms with Gasteiger partial charge in [0.25, 0.3) is 11.9 Å². The summed E-state index contributed by atoms with van der Waals surface area (Å²) in [5.74, 6) is -0.137. The van der Waals surface area contributed by atoms with Gasteiger partial charge in [-0.15, -0.1) is 16.4 Å². The predicted octanol–water partition coefficient (Wildman–Crippen LogP) is 1.28. The molecule has 9 heteroatoms. The topological polar surface area (TPSA) is 117 Å². The molecule has 0 saturated carbocycles. The number of thiazole rings is 1. The van der Waals surface area contributed by atoms with Gasteiger partial charge in [0.05, 0.1) is 0 Å². The largest absolute Gasteiger partial charge is 0.508 e. The van der Waals surface area contributed by atoms with Crippen molar-refractivity contribution in [3.63, 3.8) is 0 Å². The third kappa shape index (κ3) is 2.47. The minimum absolute atomic E-state index is 0.0918. The van der Waals surface area contributed by atoms with E-state index in [1.54, 1.807) is 29.6 Å². The lowest BCUT2D eigenvalue weighted by Crippen LogP contribution is -2.13. The van der Waals surface area contributed by atoms with Gasteiger partial charge in [0, 0.05) is 10.9 Å². The molecule has 0 fully saturated rings. The van der Waals surface area contributed by atoms with Crippen LogP contribution in [0, 0.1) is 0 Å². The number of aromatic nitrogens is 5. The summed E-state index contributed by atoms with van der Waals surface area (Å²) < 4.78 is 0. The van der Waals surface area contributed by atoms with Gasteiger partial charge in [-0.25, -0.2) is 4.98 Å². The van der Waals surface area contributed by atoms with Crippen LogP contribution in [0.25, 0.3) is 10.6 Å². The van der Waals surface area contributed by atoms with Crippen LogP contribution in [0.2, 0.25) is 0 Å². The number of phenolic OH excluding ortho intramolecular Hbond substituents is 1. The smallest absolute Gasteiger partial charge is 0.277 e. The van der Waals surface area contributed by atoms with Crippen LogP contribution in [0.15, 0.2) is 29.6 Å². The van der Waals surface area contributed by atoms with Crippen molar-refractivity contribution in [2.45, 2.75) is 0 Å². The first kappa shape index (κ1) is 12.2. The van der Waals surface area contributed by atoms with E-state index in [4.69, 9.17) is 0 Å². The molecule has 1 aromatic carbocycles. The molecular weight excluding hydrogens is 280 g/mol. The lowest BCUT2D eigenvalue weighted by molar-refractivity contribution is 0.102. The van der Waals surface area contributed by atoms with Gasteiger partial charge in [-0.05, 0) is 29.5 Å². The molecule has 2 heterocycles. The molecule has 100 valence electrons. The predicted molar refractivity (Wildman–Crippen MR) is 71.3 cm³/mol. The van der Waals surface area contributed by atoms with Crippen LogP contribution in [0.1, 0.15) is 10.5 Å². The number of benzene rings is 1. The van der Waals surface area contributed by atoms with Gasteiger partial charge >= 0.3 is 0 Å². The standard InChI is InChI=1S/C11H8N6O2S/c18-7-3-1-6(2-4-7)10-12-8(5-20-10)9(19)13-11-14-16-17-15-11/h1-5,18H,(H2,13,14,15,16,17,19). The van der Waals surface area contributed by atoms with E-state index in [1.807, 2.05) is 0 Å². The van der Waals surface area contributed by atoms with E-state index in [9.17, 15) is 9.90 Å². The summed E-state index contributed by atoms with van der Waals surface area (Å²) in [6.45, 7) is 0. The number of hydrogen-bond donors (Lipinski definition) is 3. The molecule has 20 heavy (non-hydrogen) atoms. The van der Waals surface area contributed by atoms with Gasteiger partial charge in [0.2, 0.25) is 0 Å². The Balaban J connectivity index is 1.79. The normalized spacial score (nSPS) is 10.4. The molecule has 0 atom stereocenters. The maximum Gasteiger partial charge on any atom is 0.277 e. The number of nitrogens with zero attached hydrogens (tertiary/aromatic N) is 4. The van der Waals surface area contributed by atoms with Crippen LogP contribution < -0.4 is 5.32 Å². The number of H-pyrrole nitrogens is 1. The number of phenols is 1. The molecule has 0 saturated heterocycles. The maximum atomic E-state index is 11.9. The van der Waals surface area contributed by atoms with Crippen LogP contribution in [0.4, 0.5) is 5.95 Å². The Morgan fingerprint density at radius 1 is 1.30 bits per heavy atom. The van der Waals surface area contributed by atoms with Crippen molar-refractivity contribution in [2.75, 3.05) is 5.32 Å². The fourth-order valence-corrected chi connectivity index (χ4v) is 2.30. The fourth-order valence-electron chi connectivity index (χ4n) is 1.49. The second-order valence-electron chi connectivity index (χ2n) is 3.77. The van der Waals surface area contributed by atoms with E-state index in [0.717, 1.165) is 5.56 Å². The third-order valence-electron chi connectivity index (χ3n) is 2.42. The number of tetrazole rings is 1. The molecule has 0 radical (unpaired) electrons. The first-order chi connectivity index (χ1) is 9.72. The summed E-state index contributed by atoms with van der Waals surface area (Å²) in [6, 6.07) is 6.59. The van der Waals surface area contributed by atoms with E-state index < -0.39 is 5.91 Å². The summed E-state index contributed by atoms with van der Waals surface area (Å²) in [5, 5.41) is 26.8. The molecule has 0 spiro atoms. The van der Waals surface area contributed by atoms with Crippen LogP contribution in [0.5, 0.6) is 5.75 Å². The van der Waals surface area contributed by atoms with Crippen LogP contribution in [-0.2, 0) is 0 Å². The van der Waals surface area contributed by atoms with E-state index in [0.29, 0.717) is 5.01 Å². The number of carbonyl (C=O) groups is 1. The summed E-state index contributed by atoms with van der Waals surface area (Å²) in [7, 11) is 0. The summed E-state index contributed by atoms with van der Waals surface area (Å²) >= 11 is 1.33. The second kappa shape index (κ2) is 5.05. The Kier molecular flexibility index (Phi) is 3.09. The Labute approximate surface area is 116 Å². The summed E-state index contributed by atoms with van der Waals surface area (Å²) in [4.78, 5) is 16.1. The number of carbonyl (C=O) groups excluding carboxylic acids is 1. The zero-order chi connectivity index (χ0) is 13.9. The van der Waals surface area contributed by atoms with Crippen molar-refractivity contribution in [1.82, 2.24) is 25.6 Å². The minimum Gasteiger partial charge on any atom is -0.508 e. The van der Waals surface area contributed by atoms with Crippen LogP contribution >= 0.6 is 11.3 Å². The highest BCUT2D eigenvalue weighted by Crippen LogP contribution is 2.25. The Morgan fingerprint density at radius 3 is 2.80 bits per heavy atom. The minimum atomic E-state index is -0.410. The molecule has 0 aliphatic rings. The molecule has 0 aliphatic heterocycles. The Morgan fingerprint density at radius 2 is 2.10 bits per heavy atom. The molecule has 3 aromatic rings. The SMILES string of the molecule is O=C(Nc1nn[nH]n1)c1csc(-c2ccc(O)cc2)n1. The summed E-state index contributed by atoms with van der Waals surface area (Å²) in [6.07, 6.45) is 0. The number of hydrogen-bond acceptors (Lipinski definition) is 7. The summed E-state index contributed by atoms with van der Waals surface area (Å²) in [5.41, 5.74) is 1.09. The zero-order valence-corrected chi connectivity index (χ0v) is 10.8. The van der Waals surface area contributed by atoms with Gasteiger partial charge in [0.15, 0.2) is 0 Å². The molecule has 1 amide bonds. The second-order valence-corrected chi connectivity index (χ2v) is 4.63. The van der Waals surface area contributed by atoms with Crippen molar-refractivity contribution in [3.05, 3.63) is 35.3 Å². The average Bonchev–Trinajstić information content (AvgIpc) is 3.10. The van der Waals surface area contributed by atoms with Gasteiger partial charge in [0.1, 0.15) is 16.5 Å². The van der Waals surface area contributed by atoms with E-state index in [2.05, 4.69) is 30.9 Å². The molecular formula is C11H8N6O2S. The maximum absolute atomic E-state index is 11.9. The number of aromatic amines is 1. The number of anilines is 1. The average molecular weight is 288 g/mol. The van der Waals surface area contributed by atoms with E-state index in [1.165, 1.54) is 11.3 Å². The highest BCUT2D eigenvalue weighted by atomic mass is 32.1. The van der Waals surface area contributed by atoms with Crippen molar-refractivity contribution < 1.29 is 9.90 Å². The molecule has 0 aliphatic carbocycles. The van der Waals surface area contributed by atoms with Crippen molar-refractivity contribution in [2.24, 2.45) is 0 Å². The van der Waals surface area contributed by atoms with Crippen LogP contribution in [-0.4, -0.2) is 36.6 Å². The first-order valence-electron chi connectivity index (χ1n) is 5.52. The third-order valence-corrected chi connectivity index (χ3v) is 3.31. The van der Waals surface area contributed by atoms with E-state index >= 15 is 0 Å². The van der Waals surface area contributed by atoms with Crippen molar-refractivity contribution in [1.29, 1.82) is 0 Å². The van der Waals surface area contributed by atoms with Crippen molar-refractivity contribution in [3.8, 4) is 16.3 Å². The lowest BCUT2D eigenvalue weighted by atomic mass is 10.2. The monoisotopic (exact) mass is 288 g/mol. The number of aromatic hydroxyl groups is 1. The molecule has 8 nitrogen and oxygen atoms in total. The fraction of sp³-hybridized carbons (Fsp3) is 0. The molecule has 3 N–H and O–H groups in total. The van der Waals surface area contributed by atoms with Crippen LogP contribution in [0.3, 0.4) is 0 Å². The van der Waals surface area contributed by atoms with Gasteiger partial charge in [-0.2, -0.15) is 5.21 Å². The van der Waals surface area contributed by atoms with E-state index in [-0.39, 0.29) is 17.4 Å². The lowest BCUT2D eigenvalue weighted by Gasteiger charge is -1.97. The van der Waals surface area contributed by atoms with Crippen molar-refractivity contribution >= 4 is 23.2 Å². The Hall–Kier alpha value is -2.81. The van der Waals surface area contributed by atoms with Gasteiger partial charge in [-0.3, -0.25) is 10.1 Å². The number of rotatable bonds is 3. The highest BCUT2D eigenvalue weighted by molar-refractivity contribution is 7.13. The number of nitrogens with one attached hydrogen (secondary N) is 2. The van der Waals surface area contributed by atoms with Gasteiger partial charge in [-0.1, -0.05) is 5.10 Å².